The van der Waals surface area contributed by atoms with E-state index in [1.807, 2.05) is 0 Å². The predicted octanol–water partition coefficient (Wildman–Crippen LogP) is 2.45. The minimum Gasteiger partial charge on any atom is -0.430 e. The fourth-order valence-corrected chi connectivity index (χ4v) is 3.06. The van der Waals surface area contributed by atoms with Gasteiger partial charge >= 0.3 is 5.97 Å². The number of cyclic esters (lactones) is 1. The zero-order chi connectivity index (χ0) is 17.0. The molecule has 0 fully saturated rings. The summed E-state index contributed by atoms with van der Waals surface area (Å²) in [7, 11) is 0.924. The molecule has 3 atom stereocenters. The second kappa shape index (κ2) is 7.70. The SMILES string of the molecule is COCO[C@@H]1C=CC(=O)O[C@H](OC)[C@H]1O[Si](C)(C)C(C)(C)C. The number of hydrogen-bond donors (Lipinski definition) is 0. The van der Waals surface area contributed by atoms with Crippen molar-refractivity contribution >= 4 is 14.3 Å². The number of rotatable bonds is 6. The Morgan fingerprint density at radius 3 is 2.41 bits per heavy atom. The van der Waals surface area contributed by atoms with Crippen LogP contribution in [0.3, 0.4) is 0 Å². The predicted molar refractivity (Wildman–Crippen MR) is 84.8 cm³/mol. The summed E-state index contributed by atoms with van der Waals surface area (Å²) in [6.07, 6.45) is 1.13. The number of ether oxygens (including phenoxy) is 4. The van der Waals surface area contributed by atoms with Gasteiger partial charge in [-0.2, -0.15) is 0 Å². The quantitative estimate of drug-likeness (QED) is 0.423. The van der Waals surface area contributed by atoms with Gasteiger partial charge in [-0.25, -0.2) is 4.79 Å². The van der Waals surface area contributed by atoms with Crippen LogP contribution in [0.2, 0.25) is 18.1 Å². The van der Waals surface area contributed by atoms with E-state index >= 15 is 0 Å². The van der Waals surface area contributed by atoms with Crippen LogP contribution in [0.5, 0.6) is 0 Å². The third-order valence-corrected chi connectivity index (χ3v) is 8.57. The Morgan fingerprint density at radius 1 is 1.27 bits per heavy atom. The summed E-state index contributed by atoms with van der Waals surface area (Å²) in [6, 6.07) is 0. The minimum atomic E-state index is -2.10. The maximum Gasteiger partial charge on any atom is 0.332 e. The van der Waals surface area contributed by atoms with Gasteiger partial charge in [0.05, 0.1) is 0 Å². The molecule has 0 aromatic carbocycles. The molecule has 1 heterocycles. The van der Waals surface area contributed by atoms with Gasteiger partial charge in [0, 0.05) is 20.3 Å². The van der Waals surface area contributed by atoms with E-state index in [0.717, 1.165) is 0 Å². The molecule has 0 aliphatic carbocycles. The van der Waals surface area contributed by atoms with Crippen molar-refractivity contribution in [3.8, 4) is 0 Å². The average Bonchev–Trinajstić information content (AvgIpc) is 2.55. The van der Waals surface area contributed by atoms with Crippen LogP contribution in [0.1, 0.15) is 20.8 Å². The van der Waals surface area contributed by atoms with Crippen LogP contribution in [0, 0.1) is 0 Å². The lowest BCUT2D eigenvalue weighted by molar-refractivity contribution is -0.204. The molecular weight excluding hydrogens is 304 g/mol. The van der Waals surface area contributed by atoms with Gasteiger partial charge in [0.25, 0.3) is 0 Å². The van der Waals surface area contributed by atoms with Gasteiger partial charge < -0.3 is 23.4 Å². The van der Waals surface area contributed by atoms with E-state index in [9.17, 15) is 4.79 Å². The molecular formula is C15H28O6Si. The van der Waals surface area contributed by atoms with Crippen LogP contribution in [0.4, 0.5) is 0 Å². The zero-order valence-corrected chi connectivity index (χ0v) is 15.5. The molecule has 128 valence electrons. The number of carbonyl (C=O) groups is 1. The largest absolute Gasteiger partial charge is 0.430 e. The Balaban J connectivity index is 3.04. The molecule has 0 aromatic heterocycles. The topological polar surface area (TPSA) is 63.2 Å². The summed E-state index contributed by atoms with van der Waals surface area (Å²) >= 11 is 0. The summed E-state index contributed by atoms with van der Waals surface area (Å²) in [5.74, 6) is -0.473. The second-order valence-electron chi connectivity index (χ2n) is 6.78. The standard InChI is InChI=1S/C15H28O6Si/c1-15(2,3)22(6,7)21-13-11(19-10-17-4)8-9-12(16)20-14(13)18-5/h8-9,11,13-14H,10H2,1-7H3/t11-,13+,14+/m1/s1. The maximum atomic E-state index is 11.7. The molecule has 7 heteroatoms. The highest BCUT2D eigenvalue weighted by molar-refractivity contribution is 6.74. The van der Waals surface area contributed by atoms with Gasteiger partial charge in [0.15, 0.2) is 8.32 Å². The van der Waals surface area contributed by atoms with Crippen LogP contribution >= 0.6 is 0 Å². The first-order chi connectivity index (χ1) is 10.1. The van der Waals surface area contributed by atoms with Crippen LogP contribution in [-0.2, 0) is 28.2 Å². The van der Waals surface area contributed by atoms with Crippen LogP contribution < -0.4 is 0 Å². The molecule has 0 amide bonds. The van der Waals surface area contributed by atoms with Crippen molar-refractivity contribution < 1.29 is 28.2 Å². The Bertz CT molecular complexity index is 401. The molecule has 0 spiro atoms. The highest BCUT2D eigenvalue weighted by Crippen LogP contribution is 2.38. The fourth-order valence-electron chi connectivity index (χ4n) is 1.78. The minimum absolute atomic E-state index is 0.0110. The van der Waals surface area contributed by atoms with E-state index in [2.05, 4.69) is 33.9 Å². The zero-order valence-electron chi connectivity index (χ0n) is 14.5. The van der Waals surface area contributed by atoms with Crippen molar-refractivity contribution in [2.75, 3.05) is 21.0 Å². The molecule has 0 aromatic rings. The first kappa shape index (κ1) is 19.3. The smallest absolute Gasteiger partial charge is 0.332 e. The van der Waals surface area contributed by atoms with Gasteiger partial charge in [-0.05, 0) is 24.2 Å². The van der Waals surface area contributed by atoms with Crippen molar-refractivity contribution in [1.82, 2.24) is 0 Å². The van der Waals surface area contributed by atoms with Crippen molar-refractivity contribution in [2.45, 2.75) is 57.4 Å². The van der Waals surface area contributed by atoms with E-state index in [0.29, 0.717) is 0 Å². The highest BCUT2D eigenvalue weighted by Gasteiger charge is 2.45. The van der Waals surface area contributed by atoms with Gasteiger partial charge in [0.2, 0.25) is 6.29 Å². The summed E-state index contributed by atoms with van der Waals surface area (Å²) in [4.78, 5) is 11.7. The monoisotopic (exact) mass is 332 g/mol. The first-order valence-corrected chi connectivity index (χ1v) is 10.2. The molecule has 0 saturated heterocycles. The van der Waals surface area contributed by atoms with Crippen LogP contribution in [0.25, 0.3) is 0 Å². The second-order valence-corrected chi connectivity index (χ2v) is 11.5. The number of esters is 1. The van der Waals surface area contributed by atoms with Crippen molar-refractivity contribution in [3.05, 3.63) is 12.2 Å². The lowest BCUT2D eigenvalue weighted by Crippen LogP contribution is -2.52. The molecule has 1 aliphatic rings. The number of hydrogen-bond acceptors (Lipinski definition) is 6. The lowest BCUT2D eigenvalue weighted by atomic mass is 10.2. The van der Waals surface area contributed by atoms with Gasteiger partial charge in [-0.1, -0.05) is 20.8 Å². The molecule has 0 N–H and O–H groups in total. The molecule has 0 radical (unpaired) electrons. The summed E-state index contributed by atoms with van der Waals surface area (Å²) in [5.41, 5.74) is 0. The molecule has 1 aliphatic heterocycles. The Morgan fingerprint density at radius 2 is 1.91 bits per heavy atom. The summed E-state index contributed by atoms with van der Waals surface area (Å²) in [6.45, 7) is 10.8. The third-order valence-electron chi connectivity index (χ3n) is 4.09. The molecule has 6 nitrogen and oxygen atoms in total. The Labute approximate surface area is 133 Å². The van der Waals surface area contributed by atoms with Crippen LogP contribution in [0.15, 0.2) is 12.2 Å². The van der Waals surface area contributed by atoms with Crippen LogP contribution in [-0.4, -0.2) is 53.8 Å². The Hall–Kier alpha value is -0.733. The Kier molecular flexibility index (Phi) is 6.76. The van der Waals surface area contributed by atoms with E-state index in [1.54, 1.807) is 13.2 Å². The van der Waals surface area contributed by atoms with Crippen molar-refractivity contribution in [1.29, 1.82) is 0 Å². The van der Waals surface area contributed by atoms with Crippen molar-refractivity contribution in [2.24, 2.45) is 0 Å². The maximum absolute atomic E-state index is 11.7. The molecule has 22 heavy (non-hydrogen) atoms. The van der Waals surface area contributed by atoms with E-state index in [4.69, 9.17) is 23.4 Å². The highest BCUT2D eigenvalue weighted by atomic mass is 28.4. The van der Waals surface area contributed by atoms with E-state index in [-0.39, 0.29) is 11.8 Å². The van der Waals surface area contributed by atoms with Gasteiger partial charge in [-0.15, -0.1) is 0 Å². The molecule has 0 unspecified atom stereocenters. The van der Waals surface area contributed by atoms with E-state index < -0.39 is 32.8 Å². The average molecular weight is 332 g/mol. The third kappa shape index (κ3) is 4.89. The molecule has 0 bridgehead atoms. The van der Waals surface area contributed by atoms with Gasteiger partial charge in [-0.3, -0.25) is 0 Å². The van der Waals surface area contributed by atoms with E-state index in [1.165, 1.54) is 13.2 Å². The molecule has 1 rings (SSSR count). The number of methoxy groups -OCH3 is 2. The van der Waals surface area contributed by atoms with Crippen molar-refractivity contribution in [3.63, 3.8) is 0 Å². The molecule has 0 saturated carbocycles. The summed E-state index contributed by atoms with van der Waals surface area (Å²) < 4.78 is 27.6. The first-order valence-electron chi connectivity index (χ1n) is 7.32. The number of carbonyl (C=O) groups excluding carboxylic acids is 1. The van der Waals surface area contributed by atoms with Gasteiger partial charge in [0.1, 0.15) is 19.0 Å². The normalized spacial score (nSPS) is 26.7. The summed E-state index contributed by atoms with van der Waals surface area (Å²) in [5, 5.41) is 0.0110. The lowest BCUT2D eigenvalue weighted by Gasteiger charge is -2.41. The fraction of sp³-hybridized carbons (Fsp3) is 0.800.